The molecule has 0 saturated heterocycles. The first kappa shape index (κ1) is 29.3. The van der Waals surface area contributed by atoms with Crippen LogP contribution in [0.15, 0.2) is 140 Å². The van der Waals surface area contributed by atoms with E-state index < -0.39 is 0 Å². The van der Waals surface area contributed by atoms with E-state index in [1.54, 1.807) is 12.3 Å². The maximum absolute atomic E-state index is 10.9. The van der Waals surface area contributed by atoms with Crippen LogP contribution in [0.25, 0.3) is 50.5 Å². The minimum absolute atomic E-state index is 0. The summed E-state index contributed by atoms with van der Waals surface area (Å²) in [5, 5.41) is 10.9. The topological polar surface area (TPSA) is 50.9 Å². The SMILES string of the molecule is CC(C)(c1ccccc1)c1ccc(-n2c(-c3ccccc3O)nc3c(-c4[c-]c(-c5ccccn5)ccc4)cccc32)cc1.[Pt]. The Morgan fingerprint density at radius 3 is 2.05 bits per heavy atom. The van der Waals surface area contributed by atoms with Gasteiger partial charge in [0.25, 0.3) is 0 Å². The zero-order valence-corrected chi connectivity index (χ0v) is 26.7. The minimum Gasteiger partial charge on any atom is -0.507 e. The Labute approximate surface area is 272 Å². The second-order valence-corrected chi connectivity index (χ2v) is 11.2. The van der Waals surface area contributed by atoms with E-state index in [-0.39, 0.29) is 32.2 Å². The summed E-state index contributed by atoms with van der Waals surface area (Å²) in [6, 6.07) is 48.4. The molecule has 0 saturated carbocycles. The summed E-state index contributed by atoms with van der Waals surface area (Å²) in [7, 11) is 0. The third-order valence-corrected chi connectivity index (χ3v) is 8.20. The second kappa shape index (κ2) is 12.1. The smallest absolute Gasteiger partial charge is 0.148 e. The molecule has 0 atom stereocenters. The fraction of sp³-hybridized carbons (Fsp3) is 0.0769. The van der Waals surface area contributed by atoms with Crippen LogP contribution in [0.3, 0.4) is 0 Å². The van der Waals surface area contributed by atoms with Crippen LogP contribution < -0.4 is 0 Å². The number of nitrogens with zero attached hydrogens (tertiary/aromatic N) is 3. The molecule has 0 aliphatic carbocycles. The van der Waals surface area contributed by atoms with Gasteiger partial charge in [-0.2, -0.15) is 0 Å². The molecule has 0 spiro atoms. The fourth-order valence-electron chi connectivity index (χ4n) is 5.77. The van der Waals surface area contributed by atoms with E-state index in [9.17, 15) is 5.11 Å². The van der Waals surface area contributed by atoms with Gasteiger partial charge < -0.3 is 5.11 Å². The molecule has 44 heavy (non-hydrogen) atoms. The molecule has 0 bridgehead atoms. The third kappa shape index (κ3) is 5.27. The Balaban J connectivity index is 0.00000343. The molecule has 2 aromatic heterocycles. The second-order valence-electron chi connectivity index (χ2n) is 11.2. The first-order valence-corrected chi connectivity index (χ1v) is 14.4. The van der Waals surface area contributed by atoms with Crippen molar-refractivity contribution in [2.75, 3.05) is 0 Å². The average Bonchev–Trinajstić information content (AvgIpc) is 3.45. The van der Waals surface area contributed by atoms with Crippen LogP contribution in [0.2, 0.25) is 0 Å². The predicted octanol–water partition coefficient (Wildman–Crippen LogP) is 9.25. The van der Waals surface area contributed by atoms with Crippen molar-refractivity contribution in [2.24, 2.45) is 0 Å². The molecule has 7 aromatic rings. The summed E-state index contributed by atoms with van der Waals surface area (Å²) >= 11 is 0. The molecule has 0 aliphatic heterocycles. The van der Waals surface area contributed by atoms with Gasteiger partial charge in [-0.25, -0.2) is 4.98 Å². The minimum atomic E-state index is -0.154. The Hall–Kier alpha value is -4.79. The van der Waals surface area contributed by atoms with Crippen molar-refractivity contribution in [3.05, 3.63) is 157 Å². The molecule has 5 heteroatoms. The monoisotopic (exact) mass is 751 g/mol. The van der Waals surface area contributed by atoms with Crippen molar-refractivity contribution in [2.45, 2.75) is 19.3 Å². The number of hydrogen-bond donors (Lipinski definition) is 1. The maximum Gasteiger partial charge on any atom is 0.148 e. The van der Waals surface area contributed by atoms with Gasteiger partial charge in [0.2, 0.25) is 0 Å². The van der Waals surface area contributed by atoms with Gasteiger partial charge >= 0.3 is 0 Å². The van der Waals surface area contributed by atoms with Gasteiger partial charge in [-0.3, -0.25) is 9.55 Å². The molecule has 0 aliphatic rings. The standard InChI is InChI=1S/C39H30N3O.Pt/c1-39(2,29-14-4-3-5-15-29)30-21-23-31(24-22-30)42-35-19-11-17-32(37(35)41-38(42)33-16-6-7-20-36(33)43)27-12-10-13-28(26-27)34-18-8-9-25-40-34;/h3-25,43H,1-2H3;/q-1;. The van der Waals surface area contributed by atoms with E-state index in [1.807, 2.05) is 54.6 Å². The van der Waals surface area contributed by atoms with Crippen molar-refractivity contribution < 1.29 is 26.2 Å². The molecular formula is C39H30N3OPt-. The maximum atomic E-state index is 10.9. The number of aromatic hydroxyl groups is 1. The number of hydrogen-bond acceptors (Lipinski definition) is 3. The number of para-hydroxylation sites is 2. The number of benzene rings is 5. The van der Waals surface area contributed by atoms with Crippen LogP contribution in [0.1, 0.15) is 25.0 Å². The first-order chi connectivity index (χ1) is 21.0. The molecule has 1 N–H and O–H groups in total. The van der Waals surface area contributed by atoms with Gasteiger partial charge in [0.05, 0.1) is 16.6 Å². The summed E-state index contributed by atoms with van der Waals surface area (Å²) in [6.07, 6.45) is 1.79. The number of pyridine rings is 1. The van der Waals surface area contributed by atoms with Gasteiger partial charge in [0.1, 0.15) is 11.6 Å². The van der Waals surface area contributed by atoms with Gasteiger partial charge in [-0.15, -0.1) is 29.8 Å². The number of phenols is 1. The number of imidazole rings is 1. The summed E-state index contributed by atoms with van der Waals surface area (Å²) in [5.41, 5.74) is 9.45. The van der Waals surface area contributed by atoms with Crippen LogP contribution in [0.5, 0.6) is 5.75 Å². The molecule has 0 fully saturated rings. The summed E-state index contributed by atoms with van der Waals surface area (Å²) in [5.74, 6) is 0.864. The van der Waals surface area contributed by atoms with Crippen molar-refractivity contribution >= 4 is 11.0 Å². The fourth-order valence-corrected chi connectivity index (χ4v) is 5.77. The van der Waals surface area contributed by atoms with Crippen LogP contribution in [0.4, 0.5) is 0 Å². The van der Waals surface area contributed by atoms with Crippen LogP contribution in [-0.4, -0.2) is 19.6 Å². The molecule has 0 amide bonds. The zero-order valence-electron chi connectivity index (χ0n) is 24.4. The first-order valence-electron chi connectivity index (χ1n) is 14.4. The molecule has 2 heterocycles. The third-order valence-electron chi connectivity index (χ3n) is 8.20. The number of rotatable bonds is 6. The predicted molar refractivity (Wildman–Crippen MR) is 174 cm³/mol. The van der Waals surface area contributed by atoms with Gasteiger partial charge in [0, 0.05) is 44.1 Å². The largest absolute Gasteiger partial charge is 0.507 e. The number of aromatic nitrogens is 3. The van der Waals surface area contributed by atoms with E-state index in [0.29, 0.717) is 11.4 Å². The van der Waals surface area contributed by atoms with E-state index in [1.165, 1.54) is 11.1 Å². The van der Waals surface area contributed by atoms with E-state index in [4.69, 9.17) is 4.98 Å². The van der Waals surface area contributed by atoms with Crippen molar-refractivity contribution in [3.63, 3.8) is 0 Å². The Kier molecular flexibility index (Phi) is 8.03. The van der Waals surface area contributed by atoms with Crippen LogP contribution >= 0.6 is 0 Å². The van der Waals surface area contributed by atoms with Crippen LogP contribution in [-0.2, 0) is 26.5 Å². The van der Waals surface area contributed by atoms with Crippen molar-refractivity contribution in [3.8, 4) is 45.2 Å². The molecule has 218 valence electrons. The molecule has 5 aromatic carbocycles. The summed E-state index contributed by atoms with van der Waals surface area (Å²) in [4.78, 5) is 9.70. The van der Waals surface area contributed by atoms with Gasteiger partial charge in [-0.05, 0) is 47.5 Å². The molecule has 0 radical (unpaired) electrons. The van der Waals surface area contributed by atoms with Crippen molar-refractivity contribution in [1.82, 2.24) is 14.5 Å². The van der Waals surface area contributed by atoms with E-state index in [0.717, 1.165) is 39.1 Å². The number of phenolic OH excluding ortho intramolecular Hbond substituents is 1. The number of fused-ring (bicyclic) bond motifs is 1. The van der Waals surface area contributed by atoms with E-state index >= 15 is 0 Å². The Bertz CT molecular complexity index is 2050. The summed E-state index contributed by atoms with van der Waals surface area (Å²) < 4.78 is 2.13. The average molecular weight is 752 g/mol. The molecule has 7 rings (SSSR count). The summed E-state index contributed by atoms with van der Waals surface area (Å²) in [6.45, 7) is 4.50. The quantitative estimate of drug-likeness (QED) is 0.173. The van der Waals surface area contributed by atoms with Crippen LogP contribution in [0, 0.1) is 6.07 Å². The Morgan fingerprint density at radius 2 is 1.30 bits per heavy atom. The normalized spacial score (nSPS) is 11.3. The Morgan fingerprint density at radius 1 is 0.636 bits per heavy atom. The van der Waals surface area contributed by atoms with Gasteiger partial charge in [-0.1, -0.05) is 104 Å². The zero-order chi connectivity index (χ0) is 29.4. The van der Waals surface area contributed by atoms with E-state index in [2.05, 4.69) is 102 Å². The molecule has 0 unspecified atom stereocenters. The molecular weight excluding hydrogens is 722 g/mol. The van der Waals surface area contributed by atoms with Gasteiger partial charge in [0.15, 0.2) is 0 Å². The molecule has 4 nitrogen and oxygen atoms in total. The van der Waals surface area contributed by atoms with Crippen molar-refractivity contribution in [1.29, 1.82) is 0 Å².